The quantitative estimate of drug-likeness (QED) is 0.597. The summed E-state index contributed by atoms with van der Waals surface area (Å²) in [5, 5.41) is 20.0. The van der Waals surface area contributed by atoms with E-state index in [1.165, 1.54) is 12.4 Å². The summed E-state index contributed by atoms with van der Waals surface area (Å²) in [6, 6.07) is 0. The van der Waals surface area contributed by atoms with Crippen molar-refractivity contribution in [3.8, 4) is 0 Å². The summed E-state index contributed by atoms with van der Waals surface area (Å²) in [7, 11) is 0. The van der Waals surface area contributed by atoms with Gasteiger partial charge in [0.05, 0.1) is 23.7 Å². The molecule has 0 fully saturated rings. The number of pyridine rings is 1. The van der Waals surface area contributed by atoms with Crippen molar-refractivity contribution in [1.82, 2.24) is 4.98 Å². The molecule has 0 saturated heterocycles. The van der Waals surface area contributed by atoms with Gasteiger partial charge in [-0.2, -0.15) is 0 Å². The molecule has 5 nitrogen and oxygen atoms in total. The lowest BCUT2D eigenvalue weighted by Crippen LogP contribution is -2.20. The average molecular weight is 276 g/mol. The third-order valence-corrected chi connectivity index (χ3v) is 2.60. The smallest absolute Gasteiger partial charge is 0.108 e. The number of aliphatic hydroxyl groups excluding tert-OH is 2. The van der Waals surface area contributed by atoms with E-state index in [2.05, 4.69) is 20.9 Å². The standard InChI is InChI=1S/C9H14BrN3O2/c10-2-1-7(14)9(15)5-3-13-4-6(11)8(5)12/h3-4,7,9,14-15H,1-2,11H2,(H2,12,13). The van der Waals surface area contributed by atoms with Gasteiger partial charge < -0.3 is 21.7 Å². The third-order valence-electron chi connectivity index (χ3n) is 2.14. The van der Waals surface area contributed by atoms with Crippen molar-refractivity contribution >= 4 is 27.3 Å². The van der Waals surface area contributed by atoms with Crippen molar-refractivity contribution in [2.75, 3.05) is 16.8 Å². The number of hydrogen-bond acceptors (Lipinski definition) is 5. The molecule has 15 heavy (non-hydrogen) atoms. The molecule has 2 unspecified atom stereocenters. The first-order chi connectivity index (χ1) is 7.07. The highest BCUT2D eigenvalue weighted by molar-refractivity contribution is 9.09. The number of alkyl halides is 1. The van der Waals surface area contributed by atoms with Crippen LogP contribution < -0.4 is 11.5 Å². The van der Waals surface area contributed by atoms with Crippen LogP contribution in [-0.2, 0) is 0 Å². The topological polar surface area (TPSA) is 105 Å². The molecule has 6 N–H and O–H groups in total. The molecular weight excluding hydrogens is 262 g/mol. The number of nitrogens with two attached hydrogens (primary N) is 2. The molecule has 0 bridgehead atoms. The van der Waals surface area contributed by atoms with Gasteiger partial charge in [0.2, 0.25) is 0 Å². The Labute approximate surface area is 96.2 Å². The van der Waals surface area contributed by atoms with Gasteiger partial charge >= 0.3 is 0 Å². The maximum Gasteiger partial charge on any atom is 0.108 e. The Balaban J connectivity index is 2.90. The Morgan fingerprint density at radius 2 is 2.00 bits per heavy atom. The molecule has 0 aliphatic carbocycles. The second-order valence-electron chi connectivity index (χ2n) is 3.22. The fourth-order valence-electron chi connectivity index (χ4n) is 1.22. The monoisotopic (exact) mass is 275 g/mol. The molecule has 6 heteroatoms. The van der Waals surface area contributed by atoms with Crippen LogP contribution in [0.15, 0.2) is 12.4 Å². The van der Waals surface area contributed by atoms with Gasteiger partial charge in [-0.1, -0.05) is 15.9 Å². The van der Waals surface area contributed by atoms with Crippen LogP contribution in [-0.4, -0.2) is 26.6 Å². The first kappa shape index (κ1) is 12.2. The SMILES string of the molecule is Nc1cncc(C(O)C(O)CCBr)c1N. The summed E-state index contributed by atoms with van der Waals surface area (Å²) in [4.78, 5) is 3.82. The van der Waals surface area contributed by atoms with E-state index in [1.54, 1.807) is 0 Å². The van der Waals surface area contributed by atoms with Gasteiger partial charge in [0.15, 0.2) is 0 Å². The average Bonchev–Trinajstić information content (AvgIpc) is 2.21. The number of anilines is 2. The molecule has 84 valence electrons. The van der Waals surface area contributed by atoms with Crippen molar-refractivity contribution in [2.24, 2.45) is 0 Å². The first-order valence-corrected chi connectivity index (χ1v) is 5.61. The van der Waals surface area contributed by atoms with Crippen LogP contribution >= 0.6 is 15.9 Å². The van der Waals surface area contributed by atoms with Gasteiger partial charge in [0.25, 0.3) is 0 Å². The number of nitrogen functional groups attached to an aromatic ring is 2. The minimum atomic E-state index is -1.06. The zero-order valence-electron chi connectivity index (χ0n) is 8.10. The molecule has 1 aromatic heterocycles. The normalized spacial score (nSPS) is 14.9. The fraction of sp³-hybridized carbons (Fsp3) is 0.444. The second kappa shape index (κ2) is 5.29. The minimum Gasteiger partial charge on any atom is -0.397 e. The summed E-state index contributed by atoms with van der Waals surface area (Å²) in [5.74, 6) is 0. The van der Waals surface area contributed by atoms with E-state index in [9.17, 15) is 10.2 Å². The maximum absolute atomic E-state index is 9.78. The van der Waals surface area contributed by atoms with Crippen LogP contribution in [0.1, 0.15) is 18.1 Å². The number of aromatic nitrogens is 1. The van der Waals surface area contributed by atoms with E-state index in [-0.39, 0.29) is 5.69 Å². The van der Waals surface area contributed by atoms with E-state index in [4.69, 9.17) is 11.5 Å². The summed E-state index contributed by atoms with van der Waals surface area (Å²) in [6.45, 7) is 0. The van der Waals surface area contributed by atoms with Crippen LogP contribution in [0.25, 0.3) is 0 Å². The highest BCUT2D eigenvalue weighted by Gasteiger charge is 2.20. The Morgan fingerprint density at radius 1 is 1.33 bits per heavy atom. The van der Waals surface area contributed by atoms with Crippen LogP contribution in [0.2, 0.25) is 0 Å². The van der Waals surface area contributed by atoms with Crippen molar-refractivity contribution in [2.45, 2.75) is 18.6 Å². The summed E-state index contributed by atoms with van der Waals surface area (Å²) >= 11 is 3.18. The number of rotatable bonds is 4. The Kier molecular flexibility index (Phi) is 4.31. The van der Waals surface area contributed by atoms with Gasteiger partial charge in [-0.3, -0.25) is 4.98 Å². The molecular formula is C9H14BrN3O2. The number of aliphatic hydroxyl groups is 2. The van der Waals surface area contributed by atoms with E-state index >= 15 is 0 Å². The summed E-state index contributed by atoms with van der Waals surface area (Å²) < 4.78 is 0. The highest BCUT2D eigenvalue weighted by Crippen LogP contribution is 2.27. The van der Waals surface area contributed by atoms with Gasteiger partial charge in [-0.05, 0) is 6.42 Å². The van der Waals surface area contributed by atoms with Gasteiger partial charge in [-0.15, -0.1) is 0 Å². The Morgan fingerprint density at radius 3 is 2.60 bits per heavy atom. The second-order valence-corrected chi connectivity index (χ2v) is 4.01. The molecule has 0 amide bonds. The zero-order valence-corrected chi connectivity index (χ0v) is 9.68. The lowest BCUT2D eigenvalue weighted by atomic mass is 10.0. The Hall–Kier alpha value is -0.850. The molecule has 2 atom stereocenters. The van der Waals surface area contributed by atoms with E-state index < -0.39 is 12.2 Å². The van der Waals surface area contributed by atoms with Crippen LogP contribution in [0.3, 0.4) is 0 Å². The third kappa shape index (κ3) is 2.80. The summed E-state index contributed by atoms with van der Waals surface area (Å²) in [6.07, 6.45) is 1.31. The van der Waals surface area contributed by atoms with E-state index in [1.807, 2.05) is 0 Å². The predicted molar refractivity (Wildman–Crippen MR) is 62.4 cm³/mol. The lowest BCUT2D eigenvalue weighted by molar-refractivity contribution is 0.0176. The van der Waals surface area contributed by atoms with E-state index in [0.717, 1.165) is 0 Å². The van der Waals surface area contributed by atoms with Crippen LogP contribution in [0, 0.1) is 0 Å². The predicted octanol–water partition coefficient (Wildman–Crippen LogP) is 0.425. The molecule has 0 saturated carbocycles. The van der Waals surface area contributed by atoms with Crippen LogP contribution in [0.5, 0.6) is 0 Å². The molecule has 0 aliphatic rings. The van der Waals surface area contributed by atoms with Crippen molar-refractivity contribution in [3.05, 3.63) is 18.0 Å². The van der Waals surface area contributed by atoms with E-state index in [0.29, 0.717) is 23.0 Å². The summed E-state index contributed by atoms with van der Waals surface area (Å²) in [5.41, 5.74) is 12.1. The van der Waals surface area contributed by atoms with Gasteiger partial charge in [-0.25, -0.2) is 0 Å². The molecule has 0 aliphatic heterocycles. The number of halogens is 1. The highest BCUT2D eigenvalue weighted by atomic mass is 79.9. The Bertz CT molecular complexity index is 335. The number of hydrogen-bond donors (Lipinski definition) is 4. The molecule has 0 radical (unpaired) electrons. The minimum absolute atomic E-state index is 0.270. The van der Waals surface area contributed by atoms with Crippen molar-refractivity contribution < 1.29 is 10.2 Å². The van der Waals surface area contributed by atoms with Crippen molar-refractivity contribution in [3.63, 3.8) is 0 Å². The molecule has 1 aromatic rings. The molecule has 0 spiro atoms. The van der Waals surface area contributed by atoms with Gasteiger partial charge in [0, 0.05) is 17.1 Å². The first-order valence-electron chi connectivity index (χ1n) is 4.49. The fourth-order valence-corrected chi connectivity index (χ4v) is 1.69. The molecule has 0 aromatic carbocycles. The molecule has 1 rings (SSSR count). The lowest BCUT2D eigenvalue weighted by Gasteiger charge is -2.18. The maximum atomic E-state index is 9.78. The van der Waals surface area contributed by atoms with Crippen molar-refractivity contribution in [1.29, 1.82) is 0 Å². The number of nitrogens with zero attached hydrogens (tertiary/aromatic N) is 1. The van der Waals surface area contributed by atoms with Crippen LogP contribution in [0.4, 0.5) is 11.4 Å². The largest absolute Gasteiger partial charge is 0.397 e. The zero-order chi connectivity index (χ0) is 11.4. The molecule has 1 heterocycles. The van der Waals surface area contributed by atoms with Gasteiger partial charge in [0.1, 0.15) is 6.10 Å².